The number of aryl methyl sites for hydroxylation is 1. The maximum absolute atomic E-state index is 12.0. The first-order chi connectivity index (χ1) is 10.4. The number of hydrogen-bond donors (Lipinski definition) is 1. The molecule has 0 saturated carbocycles. The second-order valence-corrected chi connectivity index (χ2v) is 7.12. The molecule has 0 aliphatic heterocycles. The largest absolute Gasteiger partial charge is 0.216 e. The molecule has 0 amide bonds. The maximum atomic E-state index is 12.0. The predicted molar refractivity (Wildman–Crippen MR) is 90.1 cm³/mol. The normalized spacial score (nSPS) is 10.8. The number of rotatable bonds is 4. The Balaban J connectivity index is 1.93. The summed E-state index contributed by atoms with van der Waals surface area (Å²) in [7, 11) is -3.39. The fourth-order valence-corrected chi connectivity index (χ4v) is 3.13. The van der Waals surface area contributed by atoms with E-state index in [1.165, 1.54) is 0 Å². The quantitative estimate of drug-likeness (QED) is 0.874. The van der Waals surface area contributed by atoms with Crippen LogP contribution in [-0.2, 0) is 15.8 Å². The Bertz CT molecular complexity index is 820. The van der Waals surface area contributed by atoms with Crippen molar-refractivity contribution >= 4 is 21.6 Å². The minimum absolute atomic E-state index is 0.0481. The van der Waals surface area contributed by atoms with E-state index in [9.17, 15) is 8.42 Å². The topological polar surface area (TPSA) is 46.2 Å². The van der Waals surface area contributed by atoms with Gasteiger partial charge in [0.15, 0.2) is 0 Å². The Kier molecular flexibility index (Phi) is 5.62. The monoisotopic (exact) mass is 333 g/mol. The van der Waals surface area contributed by atoms with Gasteiger partial charge in [0, 0.05) is 10.6 Å². The summed E-state index contributed by atoms with van der Waals surface area (Å²) < 4.78 is 26.4. The molecular weight excluding hydrogens is 318 g/mol. The second-order valence-electron chi connectivity index (χ2n) is 4.88. The van der Waals surface area contributed by atoms with Gasteiger partial charge >= 0.3 is 0 Å². The summed E-state index contributed by atoms with van der Waals surface area (Å²) in [6.07, 6.45) is 0. The molecule has 2 aromatic rings. The molecule has 0 spiro atoms. The summed E-state index contributed by atoms with van der Waals surface area (Å²) in [5.74, 6) is 5.60. The first-order valence-electron chi connectivity index (χ1n) is 6.72. The summed E-state index contributed by atoms with van der Waals surface area (Å²) in [6, 6.07) is 14.5. The van der Waals surface area contributed by atoms with Crippen LogP contribution >= 0.6 is 11.6 Å². The highest BCUT2D eigenvalue weighted by molar-refractivity contribution is 7.88. The summed E-state index contributed by atoms with van der Waals surface area (Å²) in [5, 5.41) is 0.604. The van der Waals surface area contributed by atoms with Crippen molar-refractivity contribution in [2.75, 3.05) is 6.54 Å². The van der Waals surface area contributed by atoms with E-state index in [1.54, 1.807) is 24.3 Å². The summed E-state index contributed by atoms with van der Waals surface area (Å²) in [6.45, 7) is 2.00. The molecule has 1 N–H and O–H groups in total. The summed E-state index contributed by atoms with van der Waals surface area (Å²) in [5.41, 5.74) is 2.55. The number of halogens is 1. The fourth-order valence-electron chi connectivity index (χ4n) is 1.93. The third kappa shape index (κ3) is 5.53. The van der Waals surface area contributed by atoms with E-state index in [1.807, 2.05) is 31.2 Å². The first kappa shape index (κ1) is 16.6. The highest BCUT2D eigenvalue weighted by Gasteiger charge is 2.10. The van der Waals surface area contributed by atoms with Gasteiger partial charge in [-0.1, -0.05) is 59.3 Å². The summed E-state index contributed by atoms with van der Waals surface area (Å²) >= 11 is 5.85. The number of benzene rings is 2. The third-order valence-corrected chi connectivity index (χ3v) is 4.41. The molecule has 5 heteroatoms. The van der Waals surface area contributed by atoms with Crippen LogP contribution in [0.3, 0.4) is 0 Å². The van der Waals surface area contributed by atoms with Crippen LogP contribution in [-0.4, -0.2) is 15.0 Å². The van der Waals surface area contributed by atoms with Crippen molar-refractivity contribution in [1.29, 1.82) is 0 Å². The first-order valence-corrected chi connectivity index (χ1v) is 8.75. The lowest BCUT2D eigenvalue weighted by Crippen LogP contribution is -2.25. The molecule has 114 valence electrons. The van der Waals surface area contributed by atoms with Crippen LogP contribution < -0.4 is 4.72 Å². The van der Waals surface area contributed by atoms with Crippen molar-refractivity contribution in [1.82, 2.24) is 4.72 Å². The van der Waals surface area contributed by atoms with E-state index in [2.05, 4.69) is 16.6 Å². The zero-order valence-electron chi connectivity index (χ0n) is 12.1. The van der Waals surface area contributed by atoms with E-state index < -0.39 is 10.0 Å². The van der Waals surface area contributed by atoms with Crippen molar-refractivity contribution in [3.63, 3.8) is 0 Å². The molecule has 0 atom stereocenters. The molecule has 0 bridgehead atoms. The van der Waals surface area contributed by atoms with E-state index in [-0.39, 0.29) is 12.3 Å². The Morgan fingerprint density at radius 3 is 2.64 bits per heavy atom. The van der Waals surface area contributed by atoms with Gasteiger partial charge in [-0.2, -0.15) is 0 Å². The average Bonchev–Trinajstić information content (AvgIpc) is 2.43. The van der Waals surface area contributed by atoms with Gasteiger partial charge in [0.05, 0.1) is 12.3 Å². The molecule has 0 aliphatic rings. The van der Waals surface area contributed by atoms with Crippen LogP contribution in [0.5, 0.6) is 0 Å². The molecule has 0 aliphatic carbocycles. The Morgan fingerprint density at radius 2 is 1.91 bits per heavy atom. The van der Waals surface area contributed by atoms with Crippen molar-refractivity contribution < 1.29 is 8.42 Å². The van der Waals surface area contributed by atoms with Gasteiger partial charge in [-0.3, -0.25) is 0 Å². The standard InChI is InChI=1S/C17H16ClNO2S/c1-14-5-2-7-16(11-14)13-22(20,21)19-10-4-8-15-6-3-9-17(18)12-15/h2-3,5-7,9,11-12,19H,10,13H2,1H3. The third-order valence-electron chi connectivity index (χ3n) is 2.88. The Morgan fingerprint density at radius 1 is 1.14 bits per heavy atom. The van der Waals surface area contributed by atoms with Gasteiger partial charge < -0.3 is 0 Å². The van der Waals surface area contributed by atoms with Crippen LogP contribution in [0, 0.1) is 18.8 Å². The molecule has 0 aromatic heterocycles. The van der Waals surface area contributed by atoms with Crippen LogP contribution in [0.4, 0.5) is 0 Å². The lowest BCUT2D eigenvalue weighted by atomic mass is 10.2. The van der Waals surface area contributed by atoms with E-state index in [0.29, 0.717) is 5.02 Å². The minimum atomic E-state index is -3.39. The lowest BCUT2D eigenvalue weighted by molar-refractivity contribution is 0.585. The van der Waals surface area contributed by atoms with Crippen LogP contribution in [0.2, 0.25) is 5.02 Å². The lowest BCUT2D eigenvalue weighted by Gasteiger charge is -2.04. The molecule has 0 saturated heterocycles. The van der Waals surface area contributed by atoms with Gasteiger partial charge in [-0.05, 0) is 30.7 Å². The zero-order chi connectivity index (χ0) is 16.0. The molecule has 3 nitrogen and oxygen atoms in total. The Labute approximate surface area is 136 Å². The maximum Gasteiger partial charge on any atom is 0.216 e. The molecule has 0 heterocycles. The van der Waals surface area contributed by atoms with Gasteiger partial charge in [-0.15, -0.1) is 0 Å². The molecule has 0 radical (unpaired) electrons. The zero-order valence-corrected chi connectivity index (χ0v) is 13.7. The van der Waals surface area contributed by atoms with Crippen LogP contribution in [0.25, 0.3) is 0 Å². The van der Waals surface area contributed by atoms with Gasteiger partial charge in [0.25, 0.3) is 0 Å². The predicted octanol–water partition coefficient (Wildman–Crippen LogP) is 3.12. The minimum Gasteiger partial charge on any atom is -0.212 e. The number of nitrogens with one attached hydrogen (secondary N) is 1. The summed E-state index contributed by atoms with van der Waals surface area (Å²) in [4.78, 5) is 0. The fraction of sp³-hybridized carbons (Fsp3) is 0.176. The Hall–Kier alpha value is -1.80. The van der Waals surface area contributed by atoms with Gasteiger partial charge in [0.1, 0.15) is 0 Å². The SMILES string of the molecule is Cc1cccc(CS(=O)(=O)NCC#Cc2cccc(Cl)c2)c1. The molecule has 0 fully saturated rings. The number of hydrogen-bond acceptors (Lipinski definition) is 2. The molecule has 2 aromatic carbocycles. The van der Waals surface area contributed by atoms with Crippen LogP contribution in [0.1, 0.15) is 16.7 Å². The number of sulfonamides is 1. The van der Waals surface area contributed by atoms with Crippen molar-refractivity contribution in [3.8, 4) is 11.8 Å². The molecule has 2 rings (SSSR count). The van der Waals surface area contributed by atoms with Gasteiger partial charge in [-0.25, -0.2) is 13.1 Å². The molecule has 22 heavy (non-hydrogen) atoms. The van der Waals surface area contributed by atoms with Crippen LogP contribution in [0.15, 0.2) is 48.5 Å². The smallest absolute Gasteiger partial charge is 0.212 e. The molecule has 0 unspecified atom stereocenters. The van der Waals surface area contributed by atoms with E-state index in [0.717, 1.165) is 16.7 Å². The van der Waals surface area contributed by atoms with Gasteiger partial charge in [0.2, 0.25) is 10.0 Å². The van der Waals surface area contributed by atoms with E-state index in [4.69, 9.17) is 11.6 Å². The molecular formula is C17H16ClNO2S. The second kappa shape index (κ2) is 7.46. The van der Waals surface area contributed by atoms with Crippen molar-refractivity contribution in [2.24, 2.45) is 0 Å². The highest BCUT2D eigenvalue weighted by Crippen LogP contribution is 2.09. The average molecular weight is 334 g/mol. The highest BCUT2D eigenvalue weighted by atomic mass is 35.5. The van der Waals surface area contributed by atoms with Crippen molar-refractivity contribution in [3.05, 3.63) is 70.2 Å². The van der Waals surface area contributed by atoms with Crippen molar-refractivity contribution in [2.45, 2.75) is 12.7 Å². The van der Waals surface area contributed by atoms with E-state index >= 15 is 0 Å².